The van der Waals surface area contributed by atoms with Crippen molar-refractivity contribution in [2.45, 2.75) is 32.7 Å². The molecule has 1 aromatic heterocycles. The van der Waals surface area contributed by atoms with Crippen molar-refractivity contribution < 1.29 is 4.79 Å². The second kappa shape index (κ2) is 9.37. The molecule has 0 unspecified atom stereocenters. The van der Waals surface area contributed by atoms with E-state index in [2.05, 4.69) is 39.1 Å². The number of aryl methyl sites for hydroxylation is 1. The summed E-state index contributed by atoms with van der Waals surface area (Å²) >= 11 is 0. The van der Waals surface area contributed by atoms with E-state index in [1.54, 1.807) is 6.07 Å². The Kier molecular flexibility index (Phi) is 6.65. The molecule has 1 N–H and O–H groups in total. The molecule has 6 heteroatoms. The maximum absolute atomic E-state index is 12.6. The summed E-state index contributed by atoms with van der Waals surface area (Å²) in [7, 11) is 4.02. The van der Waals surface area contributed by atoms with E-state index in [0.29, 0.717) is 49.1 Å². The van der Waals surface area contributed by atoms with Gasteiger partial charge < -0.3 is 14.8 Å². The Labute approximate surface area is 171 Å². The standard InChI is InChI=1S/C23H28N4O2/c1-4-27(16-17-12-14-18(15-13-17)26(2)3)22(28)11-7-10-21-24-20-9-6-5-8-19(20)23(29)25-21/h5-6,8-9,12-15H,4,7,10-11,16H2,1-3H3,(H,24,25,29). The average molecular weight is 393 g/mol. The normalized spacial score (nSPS) is 10.9. The van der Waals surface area contributed by atoms with Crippen molar-refractivity contribution in [1.82, 2.24) is 14.9 Å². The SMILES string of the molecule is CCN(Cc1ccc(N(C)C)cc1)C(=O)CCCc1nc2ccccc2c(=O)[nH]1. The summed E-state index contributed by atoms with van der Waals surface area (Å²) in [5, 5.41) is 0.588. The molecule has 3 rings (SSSR count). The molecule has 0 aliphatic carbocycles. The van der Waals surface area contributed by atoms with Crippen LogP contribution in [-0.2, 0) is 17.8 Å². The number of nitrogens with one attached hydrogen (secondary N) is 1. The van der Waals surface area contributed by atoms with E-state index in [1.807, 2.05) is 44.1 Å². The summed E-state index contributed by atoms with van der Waals surface area (Å²) in [6.45, 7) is 3.27. The van der Waals surface area contributed by atoms with Crippen LogP contribution < -0.4 is 10.5 Å². The lowest BCUT2D eigenvalue weighted by atomic mass is 10.1. The van der Waals surface area contributed by atoms with Crippen molar-refractivity contribution in [3.05, 3.63) is 70.3 Å². The number of amides is 1. The fraction of sp³-hybridized carbons (Fsp3) is 0.348. The van der Waals surface area contributed by atoms with Gasteiger partial charge >= 0.3 is 0 Å². The Morgan fingerprint density at radius 1 is 1.07 bits per heavy atom. The Morgan fingerprint density at radius 3 is 2.48 bits per heavy atom. The topological polar surface area (TPSA) is 69.3 Å². The molecule has 0 radical (unpaired) electrons. The number of nitrogens with zero attached hydrogens (tertiary/aromatic N) is 3. The highest BCUT2D eigenvalue weighted by Crippen LogP contribution is 2.15. The van der Waals surface area contributed by atoms with Crippen LogP contribution in [0.25, 0.3) is 10.9 Å². The van der Waals surface area contributed by atoms with E-state index in [4.69, 9.17) is 0 Å². The summed E-state index contributed by atoms with van der Waals surface area (Å²) in [4.78, 5) is 36.0. The number of aromatic amines is 1. The third-order valence-corrected chi connectivity index (χ3v) is 5.03. The predicted molar refractivity (Wildman–Crippen MR) is 117 cm³/mol. The van der Waals surface area contributed by atoms with Gasteiger partial charge in [0.1, 0.15) is 5.82 Å². The molecular weight excluding hydrogens is 364 g/mol. The first-order valence-corrected chi connectivity index (χ1v) is 10.00. The van der Waals surface area contributed by atoms with Gasteiger partial charge in [-0.15, -0.1) is 0 Å². The van der Waals surface area contributed by atoms with E-state index < -0.39 is 0 Å². The molecule has 2 aromatic carbocycles. The molecule has 0 saturated heterocycles. The van der Waals surface area contributed by atoms with Gasteiger partial charge in [-0.1, -0.05) is 24.3 Å². The zero-order valence-corrected chi connectivity index (χ0v) is 17.3. The quantitative estimate of drug-likeness (QED) is 0.638. The minimum absolute atomic E-state index is 0.118. The number of benzene rings is 2. The lowest BCUT2D eigenvalue weighted by molar-refractivity contribution is -0.131. The van der Waals surface area contributed by atoms with Crippen LogP contribution in [0.4, 0.5) is 5.69 Å². The number of rotatable bonds is 8. The second-order valence-electron chi connectivity index (χ2n) is 7.35. The van der Waals surface area contributed by atoms with Crippen molar-refractivity contribution in [1.29, 1.82) is 0 Å². The van der Waals surface area contributed by atoms with Crippen molar-refractivity contribution in [2.75, 3.05) is 25.5 Å². The lowest BCUT2D eigenvalue weighted by Crippen LogP contribution is -2.30. The van der Waals surface area contributed by atoms with Crippen molar-refractivity contribution >= 4 is 22.5 Å². The summed E-state index contributed by atoms with van der Waals surface area (Å²) < 4.78 is 0. The number of hydrogen-bond acceptors (Lipinski definition) is 4. The van der Waals surface area contributed by atoms with Gasteiger partial charge in [0.2, 0.25) is 5.91 Å². The fourth-order valence-corrected chi connectivity index (χ4v) is 3.31. The van der Waals surface area contributed by atoms with Crippen LogP contribution in [0.15, 0.2) is 53.3 Å². The number of anilines is 1. The molecule has 1 heterocycles. The van der Waals surface area contributed by atoms with Crippen LogP contribution in [0, 0.1) is 0 Å². The van der Waals surface area contributed by atoms with Gasteiger partial charge in [-0.05, 0) is 43.2 Å². The number of hydrogen-bond donors (Lipinski definition) is 1. The van der Waals surface area contributed by atoms with Crippen LogP contribution in [0.3, 0.4) is 0 Å². The minimum atomic E-state index is -0.131. The average Bonchev–Trinajstić information content (AvgIpc) is 2.72. The van der Waals surface area contributed by atoms with Gasteiger partial charge in [0.25, 0.3) is 5.56 Å². The molecule has 0 spiro atoms. The Hall–Kier alpha value is -3.15. The highest BCUT2D eigenvalue weighted by molar-refractivity contribution is 5.77. The van der Waals surface area contributed by atoms with E-state index in [0.717, 1.165) is 11.3 Å². The molecule has 0 atom stereocenters. The van der Waals surface area contributed by atoms with Crippen LogP contribution >= 0.6 is 0 Å². The largest absolute Gasteiger partial charge is 0.378 e. The molecule has 0 fully saturated rings. The van der Waals surface area contributed by atoms with Crippen molar-refractivity contribution in [2.24, 2.45) is 0 Å². The van der Waals surface area contributed by atoms with Crippen LogP contribution in [0.5, 0.6) is 0 Å². The molecule has 0 saturated carbocycles. The van der Waals surface area contributed by atoms with Crippen molar-refractivity contribution in [3.8, 4) is 0 Å². The number of para-hydroxylation sites is 1. The predicted octanol–water partition coefficient (Wildman–Crippen LogP) is 3.36. The highest BCUT2D eigenvalue weighted by atomic mass is 16.2. The molecule has 29 heavy (non-hydrogen) atoms. The molecule has 0 aliphatic rings. The second-order valence-corrected chi connectivity index (χ2v) is 7.35. The number of carbonyl (C=O) groups is 1. The lowest BCUT2D eigenvalue weighted by Gasteiger charge is -2.21. The third kappa shape index (κ3) is 5.22. The Morgan fingerprint density at radius 2 is 1.79 bits per heavy atom. The molecule has 1 amide bonds. The van der Waals surface area contributed by atoms with Gasteiger partial charge in [-0.2, -0.15) is 0 Å². The number of H-pyrrole nitrogens is 1. The monoisotopic (exact) mass is 392 g/mol. The maximum atomic E-state index is 12.6. The Balaban J connectivity index is 1.56. The summed E-state index contributed by atoms with van der Waals surface area (Å²) in [6.07, 6.45) is 1.65. The van der Waals surface area contributed by atoms with Gasteiger partial charge in [-0.25, -0.2) is 4.98 Å². The smallest absolute Gasteiger partial charge is 0.258 e. The summed E-state index contributed by atoms with van der Waals surface area (Å²) in [6, 6.07) is 15.5. The van der Waals surface area contributed by atoms with Crippen LogP contribution in [0.1, 0.15) is 31.2 Å². The highest BCUT2D eigenvalue weighted by Gasteiger charge is 2.13. The van der Waals surface area contributed by atoms with E-state index >= 15 is 0 Å². The van der Waals surface area contributed by atoms with Gasteiger partial charge in [-0.3, -0.25) is 9.59 Å². The molecule has 0 aliphatic heterocycles. The summed E-state index contributed by atoms with van der Waals surface area (Å²) in [5.41, 5.74) is 2.81. The molecule has 3 aromatic rings. The van der Waals surface area contributed by atoms with Crippen LogP contribution in [-0.4, -0.2) is 41.4 Å². The number of aromatic nitrogens is 2. The first kappa shape index (κ1) is 20.6. The van der Waals surface area contributed by atoms with E-state index in [-0.39, 0.29) is 11.5 Å². The first-order chi connectivity index (χ1) is 14.0. The molecule has 6 nitrogen and oxygen atoms in total. The summed E-state index contributed by atoms with van der Waals surface area (Å²) in [5.74, 6) is 0.746. The minimum Gasteiger partial charge on any atom is -0.378 e. The zero-order valence-electron chi connectivity index (χ0n) is 17.3. The van der Waals surface area contributed by atoms with Gasteiger partial charge in [0.15, 0.2) is 0 Å². The van der Waals surface area contributed by atoms with E-state index in [1.165, 1.54) is 0 Å². The van der Waals surface area contributed by atoms with Crippen molar-refractivity contribution in [3.63, 3.8) is 0 Å². The van der Waals surface area contributed by atoms with E-state index in [9.17, 15) is 9.59 Å². The maximum Gasteiger partial charge on any atom is 0.258 e. The number of fused-ring (bicyclic) bond motifs is 1. The van der Waals surface area contributed by atoms with Gasteiger partial charge in [0, 0.05) is 45.7 Å². The zero-order chi connectivity index (χ0) is 20.8. The molecule has 0 bridgehead atoms. The Bertz CT molecular complexity index is 1020. The molecule has 152 valence electrons. The van der Waals surface area contributed by atoms with Gasteiger partial charge in [0.05, 0.1) is 10.9 Å². The number of carbonyl (C=O) groups excluding carboxylic acids is 1. The molecular formula is C23H28N4O2. The first-order valence-electron chi connectivity index (χ1n) is 10.00. The van der Waals surface area contributed by atoms with Crippen LogP contribution in [0.2, 0.25) is 0 Å². The third-order valence-electron chi connectivity index (χ3n) is 5.03. The fourth-order valence-electron chi connectivity index (χ4n) is 3.31.